The van der Waals surface area contributed by atoms with Gasteiger partial charge in [-0.3, -0.25) is 9.59 Å². The molecule has 1 aromatic rings. The van der Waals surface area contributed by atoms with Gasteiger partial charge in [0.05, 0.1) is 23.7 Å². The summed E-state index contributed by atoms with van der Waals surface area (Å²) in [6.45, 7) is 8.50. The molecule has 1 aromatic heterocycles. The van der Waals surface area contributed by atoms with E-state index in [0.29, 0.717) is 25.6 Å². The topological polar surface area (TPSA) is 75.6 Å². The van der Waals surface area contributed by atoms with Gasteiger partial charge in [-0.2, -0.15) is 0 Å². The molecule has 8 heteroatoms. The molecule has 0 bridgehead atoms. The molecule has 1 amide bonds. The van der Waals surface area contributed by atoms with E-state index in [9.17, 15) is 9.59 Å². The van der Waals surface area contributed by atoms with E-state index in [1.165, 1.54) is 6.20 Å². The van der Waals surface area contributed by atoms with E-state index in [4.69, 9.17) is 16.3 Å². The fourth-order valence-electron chi connectivity index (χ4n) is 2.93. The minimum atomic E-state index is -0.291. The highest BCUT2D eigenvalue weighted by Gasteiger charge is 2.31. The molecule has 1 saturated heterocycles. The number of hydrogen-bond donors (Lipinski definition) is 0. The Morgan fingerprint density at radius 3 is 2.72 bits per heavy atom. The summed E-state index contributed by atoms with van der Waals surface area (Å²) in [7, 11) is 0. The zero-order valence-electron chi connectivity index (χ0n) is 15.0. The van der Waals surface area contributed by atoms with Gasteiger partial charge in [-0.25, -0.2) is 9.97 Å². The van der Waals surface area contributed by atoms with E-state index in [1.54, 1.807) is 11.8 Å². The molecule has 0 radical (unpaired) electrons. The number of anilines is 1. The second-order valence-corrected chi connectivity index (χ2v) is 6.29. The highest BCUT2D eigenvalue weighted by Crippen LogP contribution is 2.23. The summed E-state index contributed by atoms with van der Waals surface area (Å²) in [5.41, 5.74) is 0.183. The van der Waals surface area contributed by atoms with Gasteiger partial charge in [0.15, 0.2) is 5.69 Å². The predicted molar refractivity (Wildman–Crippen MR) is 95.9 cm³/mol. The van der Waals surface area contributed by atoms with Crippen molar-refractivity contribution in [3.63, 3.8) is 0 Å². The van der Waals surface area contributed by atoms with Crippen LogP contribution in [-0.4, -0.2) is 59.5 Å². The third-order valence-corrected chi connectivity index (χ3v) is 4.59. The van der Waals surface area contributed by atoms with Gasteiger partial charge in [0.1, 0.15) is 0 Å². The fraction of sp³-hybridized carbons (Fsp3) is 0.647. The van der Waals surface area contributed by atoms with Crippen LogP contribution < -0.4 is 4.90 Å². The van der Waals surface area contributed by atoms with Crippen LogP contribution in [0.1, 0.15) is 44.1 Å². The smallest absolute Gasteiger partial charge is 0.310 e. The first kappa shape index (κ1) is 19.4. The lowest BCUT2D eigenvalue weighted by atomic mass is 9.98. The standard InChI is InChI=1S/C17H25ClN4O3/c1-4-21(5-2)17-19-10-13(18)14(20-17)15(23)22-9-7-8-12(11-22)16(24)25-6-3/h10,12H,4-9,11H2,1-3H3. The van der Waals surface area contributed by atoms with Crippen molar-refractivity contribution in [1.82, 2.24) is 14.9 Å². The van der Waals surface area contributed by atoms with Crippen molar-refractivity contribution in [2.75, 3.05) is 37.7 Å². The van der Waals surface area contributed by atoms with Gasteiger partial charge in [-0.05, 0) is 33.6 Å². The summed E-state index contributed by atoms with van der Waals surface area (Å²) < 4.78 is 5.08. The van der Waals surface area contributed by atoms with E-state index in [-0.39, 0.29) is 28.5 Å². The molecule has 1 aliphatic heterocycles. The Morgan fingerprint density at radius 1 is 1.36 bits per heavy atom. The molecular formula is C17H25ClN4O3. The average Bonchev–Trinajstić information content (AvgIpc) is 2.63. The van der Waals surface area contributed by atoms with Gasteiger partial charge < -0.3 is 14.5 Å². The van der Waals surface area contributed by atoms with E-state index in [2.05, 4.69) is 9.97 Å². The van der Waals surface area contributed by atoms with Crippen LogP contribution in [0, 0.1) is 5.92 Å². The summed E-state index contributed by atoms with van der Waals surface area (Å²) in [6, 6.07) is 0. The molecule has 138 valence electrons. The van der Waals surface area contributed by atoms with Crippen LogP contribution in [0.5, 0.6) is 0 Å². The SMILES string of the molecule is CCOC(=O)C1CCCN(C(=O)c2nc(N(CC)CC)ncc2Cl)C1. The molecule has 1 unspecified atom stereocenters. The highest BCUT2D eigenvalue weighted by molar-refractivity contribution is 6.33. The van der Waals surface area contributed by atoms with Crippen molar-refractivity contribution in [3.8, 4) is 0 Å². The van der Waals surface area contributed by atoms with Gasteiger partial charge >= 0.3 is 5.97 Å². The molecular weight excluding hydrogens is 344 g/mol. The first-order valence-corrected chi connectivity index (χ1v) is 9.12. The number of likely N-dealkylation sites (tertiary alicyclic amines) is 1. The van der Waals surface area contributed by atoms with Crippen LogP contribution in [0.15, 0.2) is 6.20 Å². The normalized spacial score (nSPS) is 17.3. The third-order valence-electron chi connectivity index (χ3n) is 4.31. The van der Waals surface area contributed by atoms with Crippen LogP contribution in [0.25, 0.3) is 0 Å². The maximum absolute atomic E-state index is 12.9. The van der Waals surface area contributed by atoms with Gasteiger partial charge in [-0.15, -0.1) is 0 Å². The van der Waals surface area contributed by atoms with Crippen molar-refractivity contribution in [3.05, 3.63) is 16.9 Å². The Labute approximate surface area is 153 Å². The van der Waals surface area contributed by atoms with Gasteiger partial charge in [0.25, 0.3) is 5.91 Å². The maximum Gasteiger partial charge on any atom is 0.310 e. The fourth-order valence-corrected chi connectivity index (χ4v) is 3.10. The number of nitrogens with zero attached hydrogens (tertiary/aromatic N) is 4. The first-order valence-electron chi connectivity index (χ1n) is 8.75. The van der Waals surface area contributed by atoms with Crippen LogP contribution in [0.4, 0.5) is 5.95 Å². The molecule has 0 aliphatic carbocycles. The monoisotopic (exact) mass is 368 g/mol. The number of carbonyl (C=O) groups excluding carboxylic acids is 2. The predicted octanol–water partition coefficient (Wildman–Crippen LogP) is 2.39. The van der Waals surface area contributed by atoms with Crippen molar-refractivity contribution >= 4 is 29.4 Å². The lowest BCUT2D eigenvalue weighted by Crippen LogP contribution is -2.43. The zero-order chi connectivity index (χ0) is 18.4. The Morgan fingerprint density at radius 2 is 2.08 bits per heavy atom. The second-order valence-electron chi connectivity index (χ2n) is 5.88. The number of amides is 1. The minimum Gasteiger partial charge on any atom is -0.466 e. The largest absolute Gasteiger partial charge is 0.466 e. The van der Waals surface area contributed by atoms with Crippen LogP contribution in [0.3, 0.4) is 0 Å². The lowest BCUT2D eigenvalue weighted by molar-refractivity contribution is -0.149. The number of halogens is 1. The van der Waals surface area contributed by atoms with E-state index < -0.39 is 0 Å². The van der Waals surface area contributed by atoms with Crippen molar-refractivity contribution in [2.45, 2.75) is 33.6 Å². The summed E-state index contributed by atoms with van der Waals surface area (Å²) in [5, 5.41) is 0.221. The first-order chi connectivity index (χ1) is 12.0. The minimum absolute atomic E-state index is 0.183. The van der Waals surface area contributed by atoms with E-state index in [1.807, 2.05) is 18.7 Å². The number of carbonyl (C=O) groups is 2. The van der Waals surface area contributed by atoms with Gasteiger partial charge in [-0.1, -0.05) is 11.6 Å². The summed E-state index contributed by atoms with van der Waals surface area (Å²) >= 11 is 6.17. The summed E-state index contributed by atoms with van der Waals surface area (Å²) in [5.74, 6) is -0.329. The summed E-state index contributed by atoms with van der Waals surface area (Å²) in [6.07, 6.45) is 2.94. The van der Waals surface area contributed by atoms with Crippen LogP contribution in [0.2, 0.25) is 5.02 Å². The number of ether oxygens (including phenoxy) is 1. The lowest BCUT2D eigenvalue weighted by Gasteiger charge is -2.31. The van der Waals surface area contributed by atoms with E-state index >= 15 is 0 Å². The van der Waals surface area contributed by atoms with Gasteiger partial charge in [0, 0.05) is 26.2 Å². The molecule has 0 aromatic carbocycles. The molecule has 0 N–H and O–H groups in total. The van der Waals surface area contributed by atoms with E-state index in [0.717, 1.165) is 25.9 Å². The Balaban J connectivity index is 2.19. The molecule has 1 aliphatic rings. The molecule has 25 heavy (non-hydrogen) atoms. The number of rotatable bonds is 6. The summed E-state index contributed by atoms with van der Waals surface area (Å²) in [4.78, 5) is 37.0. The molecule has 0 saturated carbocycles. The van der Waals surface area contributed by atoms with Gasteiger partial charge in [0.2, 0.25) is 5.95 Å². The Hall–Kier alpha value is -1.89. The Kier molecular flexibility index (Phi) is 6.99. The molecule has 2 heterocycles. The number of hydrogen-bond acceptors (Lipinski definition) is 6. The third kappa shape index (κ3) is 4.60. The number of aromatic nitrogens is 2. The van der Waals surface area contributed by atoms with Crippen molar-refractivity contribution in [1.29, 1.82) is 0 Å². The molecule has 1 atom stereocenters. The molecule has 0 spiro atoms. The quantitative estimate of drug-likeness (QED) is 0.717. The molecule has 1 fully saturated rings. The Bertz CT molecular complexity index is 622. The highest BCUT2D eigenvalue weighted by atomic mass is 35.5. The number of piperidine rings is 1. The molecule has 2 rings (SSSR count). The van der Waals surface area contributed by atoms with Crippen molar-refractivity contribution in [2.24, 2.45) is 5.92 Å². The number of esters is 1. The van der Waals surface area contributed by atoms with Crippen molar-refractivity contribution < 1.29 is 14.3 Å². The zero-order valence-corrected chi connectivity index (χ0v) is 15.8. The average molecular weight is 369 g/mol. The van der Waals surface area contributed by atoms with Crippen LogP contribution >= 0.6 is 11.6 Å². The van der Waals surface area contributed by atoms with Crippen LogP contribution in [-0.2, 0) is 9.53 Å². The maximum atomic E-state index is 12.9. The molecule has 7 nitrogen and oxygen atoms in total. The second kappa shape index (κ2) is 8.99.